The van der Waals surface area contributed by atoms with Gasteiger partial charge >= 0.3 is 0 Å². The highest BCUT2D eigenvalue weighted by molar-refractivity contribution is 9.10. The molecule has 20 heavy (non-hydrogen) atoms. The van der Waals surface area contributed by atoms with E-state index in [0.717, 1.165) is 23.3 Å². The molecule has 5 heteroatoms. The van der Waals surface area contributed by atoms with E-state index in [1.165, 1.54) is 6.07 Å². The van der Waals surface area contributed by atoms with Crippen LogP contribution in [0.25, 0.3) is 0 Å². The number of rotatable bonds is 2. The number of ether oxygens (including phenoxy) is 1. The lowest BCUT2D eigenvalue weighted by molar-refractivity contribution is 0.352. The molecule has 0 spiro atoms. The molecule has 1 atom stereocenters. The first-order valence-electron chi connectivity index (χ1n) is 6.22. The van der Waals surface area contributed by atoms with Crippen LogP contribution >= 0.6 is 27.5 Å². The minimum Gasteiger partial charge on any atom is -0.493 e. The Bertz CT molecular complexity index is 677. The van der Waals surface area contributed by atoms with E-state index in [4.69, 9.17) is 22.1 Å². The SMILES string of the molecule is NC(c1cccc(F)c1Br)c1cc(Cl)cc2c1OCC2. The summed E-state index contributed by atoms with van der Waals surface area (Å²) >= 11 is 9.38. The highest BCUT2D eigenvalue weighted by Crippen LogP contribution is 2.39. The molecule has 1 aliphatic rings. The number of benzene rings is 2. The van der Waals surface area contributed by atoms with Gasteiger partial charge in [0.1, 0.15) is 11.6 Å². The molecule has 0 bridgehead atoms. The van der Waals surface area contributed by atoms with Gasteiger partial charge in [-0.1, -0.05) is 23.7 Å². The third kappa shape index (κ3) is 2.32. The van der Waals surface area contributed by atoms with Crippen molar-refractivity contribution in [2.75, 3.05) is 6.61 Å². The smallest absolute Gasteiger partial charge is 0.137 e. The molecule has 3 rings (SSSR count). The van der Waals surface area contributed by atoms with Gasteiger partial charge in [0, 0.05) is 17.0 Å². The van der Waals surface area contributed by atoms with E-state index in [-0.39, 0.29) is 5.82 Å². The van der Waals surface area contributed by atoms with E-state index >= 15 is 0 Å². The minimum atomic E-state index is -0.495. The highest BCUT2D eigenvalue weighted by Gasteiger charge is 2.24. The zero-order valence-electron chi connectivity index (χ0n) is 10.5. The van der Waals surface area contributed by atoms with Gasteiger partial charge in [0.25, 0.3) is 0 Å². The molecular formula is C15H12BrClFNO. The van der Waals surface area contributed by atoms with Gasteiger partial charge in [-0.25, -0.2) is 4.39 Å². The molecule has 0 amide bonds. The van der Waals surface area contributed by atoms with Crippen LogP contribution in [0.5, 0.6) is 5.75 Å². The number of hydrogen-bond acceptors (Lipinski definition) is 2. The Balaban J connectivity index is 2.11. The molecule has 0 radical (unpaired) electrons. The van der Waals surface area contributed by atoms with Crippen molar-refractivity contribution in [1.82, 2.24) is 0 Å². The lowest BCUT2D eigenvalue weighted by atomic mass is 9.96. The summed E-state index contributed by atoms with van der Waals surface area (Å²) in [4.78, 5) is 0. The van der Waals surface area contributed by atoms with Crippen LogP contribution in [-0.2, 0) is 6.42 Å². The summed E-state index contributed by atoms with van der Waals surface area (Å²) in [6.45, 7) is 0.625. The maximum Gasteiger partial charge on any atom is 0.137 e. The molecule has 2 N–H and O–H groups in total. The van der Waals surface area contributed by atoms with Gasteiger partial charge in [-0.15, -0.1) is 0 Å². The van der Waals surface area contributed by atoms with E-state index in [2.05, 4.69) is 15.9 Å². The Labute approximate surface area is 129 Å². The van der Waals surface area contributed by atoms with Crippen LogP contribution in [0, 0.1) is 5.82 Å². The van der Waals surface area contributed by atoms with Crippen molar-refractivity contribution in [1.29, 1.82) is 0 Å². The molecule has 2 aromatic carbocycles. The molecule has 0 saturated carbocycles. The molecular weight excluding hydrogens is 345 g/mol. The van der Waals surface area contributed by atoms with Crippen molar-refractivity contribution in [2.24, 2.45) is 5.73 Å². The fourth-order valence-electron chi connectivity index (χ4n) is 2.46. The van der Waals surface area contributed by atoms with Crippen molar-refractivity contribution in [3.8, 4) is 5.75 Å². The lowest BCUT2D eigenvalue weighted by Gasteiger charge is -2.18. The third-order valence-corrected chi connectivity index (χ3v) is 4.48. The molecule has 2 aromatic rings. The number of nitrogens with two attached hydrogens (primary N) is 1. The summed E-state index contributed by atoms with van der Waals surface area (Å²) in [5.74, 6) is 0.440. The van der Waals surface area contributed by atoms with Gasteiger partial charge in [-0.3, -0.25) is 0 Å². The number of hydrogen-bond donors (Lipinski definition) is 1. The Morgan fingerprint density at radius 1 is 1.30 bits per heavy atom. The summed E-state index contributed by atoms with van der Waals surface area (Å²) in [6, 6.07) is 8.00. The van der Waals surface area contributed by atoms with Crippen LogP contribution in [-0.4, -0.2) is 6.61 Å². The molecule has 1 unspecified atom stereocenters. The number of fused-ring (bicyclic) bond motifs is 1. The fourth-order valence-corrected chi connectivity index (χ4v) is 3.22. The van der Waals surface area contributed by atoms with E-state index in [1.54, 1.807) is 18.2 Å². The minimum absolute atomic E-state index is 0.336. The van der Waals surface area contributed by atoms with Crippen LogP contribution in [0.15, 0.2) is 34.8 Å². The predicted octanol–water partition coefficient (Wildman–Crippen LogP) is 4.22. The van der Waals surface area contributed by atoms with E-state index < -0.39 is 6.04 Å². The summed E-state index contributed by atoms with van der Waals surface area (Å²) in [5.41, 5.74) is 8.80. The van der Waals surface area contributed by atoms with Crippen LogP contribution < -0.4 is 10.5 Å². The quantitative estimate of drug-likeness (QED) is 0.874. The van der Waals surface area contributed by atoms with Gasteiger partial charge in [-0.05, 0) is 45.3 Å². The van der Waals surface area contributed by atoms with Gasteiger partial charge in [0.15, 0.2) is 0 Å². The van der Waals surface area contributed by atoms with Crippen LogP contribution in [0.4, 0.5) is 4.39 Å². The van der Waals surface area contributed by atoms with Crippen molar-refractivity contribution in [2.45, 2.75) is 12.5 Å². The Hall–Kier alpha value is -1.10. The fraction of sp³-hybridized carbons (Fsp3) is 0.200. The van der Waals surface area contributed by atoms with Crippen molar-refractivity contribution >= 4 is 27.5 Å². The second-order valence-electron chi connectivity index (χ2n) is 4.70. The lowest BCUT2D eigenvalue weighted by Crippen LogP contribution is -2.14. The Kier molecular flexibility index (Phi) is 3.71. The average molecular weight is 357 g/mol. The highest BCUT2D eigenvalue weighted by atomic mass is 79.9. The van der Waals surface area contributed by atoms with Crippen LogP contribution in [0.1, 0.15) is 22.7 Å². The summed E-state index contributed by atoms with van der Waals surface area (Å²) in [7, 11) is 0. The Morgan fingerprint density at radius 2 is 2.10 bits per heavy atom. The topological polar surface area (TPSA) is 35.2 Å². The monoisotopic (exact) mass is 355 g/mol. The van der Waals surface area contributed by atoms with E-state index in [9.17, 15) is 4.39 Å². The predicted molar refractivity (Wildman–Crippen MR) is 80.8 cm³/mol. The molecule has 1 heterocycles. The first-order valence-corrected chi connectivity index (χ1v) is 7.39. The van der Waals surface area contributed by atoms with Gasteiger partial charge < -0.3 is 10.5 Å². The second kappa shape index (κ2) is 5.35. The summed E-state index contributed by atoms with van der Waals surface area (Å²) < 4.78 is 19.7. The number of halogens is 3. The standard InChI is InChI=1S/C15H12BrClFNO/c16-13-10(2-1-3-12(13)18)14(19)11-7-9(17)6-8-4-5-20-15(8)11/h1-3,6-7,14H,4-5,19H2. The normalized spacial score (nSPS) is 14.8. The van der Waals surface area contributed by atoms with Gasteiger partial charge in [-0.2, -0.15) is 0 Å². The molecule has 0 fully saturated rings. The zero-order chi connectivity index (χ0) is 14.3. The van der Waals surface area contributed by atoms with Crippen molar-refractivity contribution in [3.63, 3.8) is 0 Å². The van der Waals surface area contributed by atoms with E-state index in [1.807, 2.05) is 6.07 Å². The maximum absolute atomic E-state index is 13.6. The van der Waals surface area contributed by atoms with Crippen LogP contribution in [0.2, 0.25) is 5.02 Å². The van der Waals surface area contributed by atoms with Crippen molar-refractivity contribution in [3.05, 3.63) is 62.3 Å². The molecule has 0 aliphatic carbocycles. The Morgan fingerprint density at radius 3 is 2.90 bits per heavy atom. The molecule has 104 valence electrons. The second-order valence-corrected chi connectivity index (χ2v) is 5.93. The largest absolute Gasteiger partial charge is 0.493 e. The molecule has 1 aliphatic heterocycles. The third-order valence-electron chi connectivity index (χ3n) is 3.43. The first kappa shape index (κ1) is 13.9. The van der Waals surface area contributed by atoms with Gasteiger partial charge in [0.05, 0.1) is 17.1 Å². The van der Waals surface area contributed by atoms with Crippen LogP contribution in [0.3, 0.4) is 0 Å². The summed E-state index contributed by atoms with van der Waals surface area (Å²) in [6.07, 6.45) is 0.819. The molecule has 0 saturated heterocycles. The first-order chi connectivity index (χ1) is 9.58. The molecule has 2 nitrogen and oxygen atoms in total. The maximum atomic E-state index is 13.6. The van der Waals surface area contributed by atoms with Gasteiger partial charge in [0.2, 0.25) is 0 Å². The van der Waals surface area contributed by atoms with E-state index in [0.29, 0.717) is 21.7 Å². The summed E-state index contributed by atoms with van der Waals surface area (Å²) in [5, 5.41) is 0.618. The van der Waals surface area contributed by atoms with Crippen molar-refractivity contribution < 1.29 is 9.13 Å². The average Bonchev–Trinajstić information content (AvgIpc) is 2.88. The molecule has 0 aromatic heterocycles. The zero-order valence-corrected chi connectivity index (χ0v) is 12.8.